The van der Waals surface area contributed by atoms with Crippen LogP contribution in [0, 0.1) is 11.8 Å². The molecule has 1 N–H and O–H groups in total. The number of hydrogen-bond acceptors (Lipinski definition) is 5. The van der Waals surface area contributed by atoms with Crippen LogP contribution in [0.3, 0.4) is 0 Å². The zero-order valence-corrected chi connectivity index (χ0v) is 18.5. The fourth-order valence-electron chi connectivity index (χ4n) is 3.07. The molecule has 1 saturated carbocycles. The van der Waals surface area contributed by atoms with E-state index in [1.165, 1.54) is 11.8 Å². The summed E-state index contributed by atoms with van der Waals surface area (Å²) in [6.45, 7) is 9.33. The molecule has 0 spiro atoms. The first kappa shape index (κ1) is 24.0. The number of esters is 1. The average molecular weight is 400 g/mol. The molecule has 0 bridgehead atoms. The molecule has 1 aliphatic rings. The molecule has 0 unspecified atom stereocenters. The van der Waals surface area contributed by atoms with Crippen molar-refractivity contribution in [1.82, 2.24) is 5.32 Å². The summed E-state index contributed by atoms with van der Waals surface area (Å²) in [4.78, 5) is 36.6. The van der Waals surface area contributed by atoms with Gasteiger partial charge in [-0.25, -0.2) is 4.79 Å². The Bertz CT molecular complexity index is 493. The zero-order chi connectivity index (χ0) is 20.4. The lowest BCUT2D eigenvalue weighted by Gasteiger charge is -2.25. The van der Waals surface area contributed by atoms with Gasteiger partial charge < -0.3 is 10.1 Å². The minimum atomic E-state index is -0.581. The summed E-state index contributed by atoms with van der Waals surface area (Å²) in [5, 5.41) is 3.16. The van der Waals surface area contributed by atoms with E-state index in [-0.39, 0.29) is 28.8 Å². The fraction of sp³-hybridized carbons (Fsp3) is 0.857. The van der Waals surface area contributed by atoms with Crippen molar-refractivity contribution in [2.45, 2.75) is 97.6 Å². The third kappa shape index (κ3) is 10.2. The van der Waals surface area contributed by atoms with E-state index in [1.807, 2.05) is 34.6 Å². The third-order valence-corrected chi connectivity index (χ3v) is 5.84. The van der Waals surface area contributed by atoms with Gasteiger partial charge in [-0.1, -0.05) is 51.3 Å². The lowest BCUT2D eigenvalue weighted by atomic mass is 10.0. The summed E-state index contributed by atoms with van der Waals surface area (Å²) in [6, 6.07) is -0.581. The van der Waals surface area contributed by atoms with E-state index in [1.54, 1.807) is 0 Å². The molecule has 0 aliphatic heterocycles. The number of amides is 1. The molecule has 6 heteroatoms. The van der Waals surface area contributed by atoms with Gasteiger partial charge in [0, 0.05) is 17.6 Å². The van der Waals surface area contributed by atoms with Crippen LogP contribution >= 0.6 is 11.8 Å². The van der Waals surface area contributed by atoms with Crippen molar-refractivity contribution in [1.29, 1.82) is 0 Å². The van der Waals surface area contributed by atoms with Crippen molar-refractivity contribution in [3.63, 3.8) is 0 Å². The standard InChI is InChI=1S/C21H37NO4S/c1-15(2)20(25)27-14-10-6-7-13-17(19(24)26-21(3,4)5)22-18(23)16-11-8-9-12-16/h15-17H,6-14H2,1-5H3,(H,22,23)/t17-/m0/s1. The smallest absolute Gasteiger partial charge is 0.329 e. The largest absolute Gasteiger partial charge is 0.458 e. The Morgan fingerprint density at radius 1 is 1.07 bits per heavy atom. The molecule has 0 saturated heterocycles. The van der Waals surface area contributed by atoms with Crippen LogP contribution in [-0.2, 0) is 19.1 Å². The van der Waals surface area contributed by atoms with E-state index >= 15 is 0 Å². The number of rotatable bonds is 10. The molecule has 1 fully saturated rings. The van der Waals surface area contributed by atoms with E-state index in [9.17, 15) is 14.4 Å². The van der Waals surface area contributed by atoms with Crippen LogP contribution in [0.5, 0.6) is 0 Å². The molecule has 156 valence electrons. The van der Waals surface area contributed by atoms with Gasteiger partial charge in [-0.3, -0.25) is 9.59 Å². The summed E-state index contributed by atoms with van der Waals surface area (Å²) < 4.78 is 5.50. The SMILES string of the molecule is CC(C)C(=O)SCCCCC[C@H](NC(=O)C1CCCC1)C(=O)OC(C)(C)C. The molecule has 1 aliphatic carbocycles. The molecule has 1 rings (SSSR count). The highest BCUT2D eigenvalue weighted by Crippen LogP contribution is 2.25. The molecule has 0 aromatic rings. The second kappa shape index (κ2) is 11.7. The first-order chi connectivity index (χ1) is 12.6. The van der Waals surface area contributed by atoms with Crippen molar-refractivity contribution >= 4 is 28.8 Å². The molecule has 0 heterocycles. The van der Waals surface area contributed by atoms with Gasteiger partial charge in [0.2, 0.25) is 5.91 Å². The summed E-state index contributed by atoms with van der Waals surface area (Å²) in [6.07, 6.45) is 7.25. The number of hydrogen-bond donors (Lipinski definition) is 1. The number of carbonyl (C=O) groups is 3. The van der Waals surface area contributed by atoms with E-state index in [0.717, 1.165) is 50.7 Å². The Morgan fingerprint density at radius 2 is 1.70 bits per heavy atom. The van der Waals surface area contributed by atoms with Crippen molar-refractivity contribution in [2.75, 3.05) is 5.75 Å². The highest BCUT2D eigenvalue weighted by atomic mass is 32.2. The topological polar surface area (TPSA) is 72.5 Å². The van der Waals surface area contributed by atoms with E-state index in [0.29, 0.717) is 6.42 Å². The molecule has 0 aromatic carbocycles. The minimum absolute atomic E-state index is 0.0126. The quantitative estimate of drug-likeness (QED) is 0.433. The summed E-state index contributed by atoms with van der Waals surface area (Å²) >= 11 is 1.38. The van der Waals surface area contributed by atoms with Crippen LogP contribution in [0.1, 0.15) is 86.0 Å². The number of ether oxygens (including phenoxy) is 1. The minimum Gasteiger partial charge on any atom is -0.458 e. The Hall–Kier alpha value is -1.04. The van der Waals surface area contributed by atoms with Crippen LogP contribution in [0.2, 0.25) is 0 Å². The van der Waals surface area contributed by atoms with Crippen molar-refractivity contribution < 1.29 is 19.1 Å². The maximum Gasteiger partial charge on any atom is 0.329 e. The highest BCUT2D eigenvalue weighted by molar-refractivity contribution is 8.13. The van der Waals surface area contributed by atoms with E-state index < -0.39 is 11.6 Å². The van der Waals surface area contributed by atoms with Gasteiger partial charge in [-0.2, -0.15) is 0 Å². The Kier molecular flexibility index (Phi) is 10.4. The average Bonchev–Trinajstić information content (AvgIpc) is 3.09. The molecule has 1 atom stereocenters. The van der Waals surface area contributed by atoms with Crippen LogP contribution in [0.25, 0.3) is 0 Å². The maximum atomic E-state index is 12.5. The molecule has 0 aromatic heterocycles. The monoisotopic (exact) mass is 399 g/mol. The predicted octanol–water partition coefficient (Wildman–Crippen LogP) is 4.48. The van der Waals surface area contributed by atoms with E-state index in [2.05, 4.69) is 5.32 Å². The number of thioether (sulfide) groups is 1. The van der Waals surface area contributed by atoms with Gasteiger partial charge in [-0.05, 0) is 46.5 Å². The number of carbonyl (C=O) groups excluding carboxylic acids is 3. The lowest BCUT2D eigenvalue weighted by molar-refractivity contribution is -0.159. The summed E-state index contributed by atoms with van der Waals surface area (Å²) in [7, 11) is 0. The Morgan fingerprint density at radius 3 is 2.26 bits per heavy atom. The van der Waals surface area contributed by atoms with Gasteiger partial charge in [0.15, 0.2) is 5.12 Å². The molecule has 5 nitrogen and oxygen atoms in total. The zero-order valence-electron chi connectivity index (χ0n) is 17.6. The highest BCUT2D eigenvalue weighted by Gasteiger charge is 2.30. The third-order valence-electron chi connectivity index (χ3n) is 4.59. The molecule has 0 radical (unpaired) electrons. The first-order valence-corrected chi connectivity index (χ1v) is 11.3. The second-order valence-corrected chi connectivity index (χ2v) is 9.85. The normalized spacial score (nSPS) is 16.4. The molecule has 1 amide bonds. The van der Waals surface area contributed by atoms with Gasteiger partial charge in [-0.15, -0.1) is 0 Å². The van der Waals surface area contributed by atoms with Gasteiger partial charge in [0.25, 0.3) is 0 Å². The van der Waals surface area contributed by atoms with Crippen LogP contribution in [0.15, 0.2) is 0 Å². The molecular weight excluding hydrogens is 362 g/mol. The maximum absolute atomic E-state index is 12.5. The Labute approximate surface area is 168 Å². The van der Waals surface area contributed by atoms with Crippen LogP contribution in [0.4, 0.5) is 0 Å². The van der Waals surface area contributed by atoms with Gasteiger partial charge in [0.1, 0.15) is 11.6 Å². The summed E-state index contributed by atoms with van der Waals surface area (Å²) in [5.74, 6) is 0.549. The van der Waals surface area contributed by atoms with E-state index in [4.69, 9.17) is 4.74 Å². The van der Waals surface area contributed by atoms with Gasteiger partial charge in [0.05, 0.1) is 0 Å². The van der Waals surface area contributed by atoms with Crippen LogP contribution in [-0.4, -0.2) is 34.4 Å². The summed E-state index contributed by atoms with van der Waals surface area (Å²) in [5.41, 5.74) is -0.568. The van der Waals surface area contributed by atoms with Gasteiger partial charge >= 0.3 is 5.97 Å². The van der Waals surface area contributed by atoms with Crippen molar-refractivity contribution in [2.24, 2.45) is 11.8 Å². The van der Waals surface area contributed by atoms with Crippen molar-refractivity contribution in [3.8, 4) is 0 Å². The first-order valence-electron chi connectivity index (χ1n) is 10.3. The lowest BCUT2D eigenvalue weighted by Crippen LogP contribution is -2.46. The number of nitrogens with one attached hydrogen (secondary N) is 1. The molecular formula is C21H37NO4S. The number of unbranched alkanes of at least 4 members (excludes halogenated alkanes) is 2. The van der Waals surface area contributed by atoms with Crippen molar-refractivity contribution in [3.05, 3.63) is 0 Å². The Balaban J connectivity index is 2.44. The second-order valence-electron chi connectivity index (χ2n) is 8.75. The molecule has 27 heavy (non-hydrogen) atoms. The fourth-order valence-corrected chi connectivity index (χ4v) is 3.95. The predicted molar refractivity (Wildman–Crippen MR) is 111 cm³/mol. The van der Waals surface area contributed by atoms with Crippen LogP contribution < -0.4 is 5.32 Å².